The molecule has 3 fully saturated rings. The molecule has 0 radical (unpaired) electrons. The molecular weight excluding hydrogens is 468 g/mol. The average molecular weight is 521 g/mol. The predicted molar refractivity (Wildman–Crippen MR) is 157 cm³/mol. The number of anilines is 1. The number of aryl methyl sites for hydroxylation is 2. The maximum Gasteiger partial charge on any atom is 0.153 e. The maximum absolute atomic E-state index is 9.64. The average Bonchev–Trinajstić information content (AvgIpc) is 3.50. The van der Waals surface area contributed by atoms with E-state index in [1.807, 2.05) is 23.9 Å². The fourth-order valence-electron chi connectivity index (χ4n) is 9.41. The highest BCUT2D eigenvalue weighted by Crippen LogP contribution is 2.64. The van der Waals surface area contributed by atoms with Crippen molar-refractivity contribution in [1.29, 1.82) is 0 Å². The Morgan fingerprint density at radius 1 is 1.05 bits per heavy atom. The zero-order valence-corrected chi connectivity index (χ0v) is 24.6. The van der Waals surface area contributed by atoms with Gasteiger partial charge >= 0.3 is 0 Å². The highest BCUT2D eigenvalue weighted by Gasteiger charge is 2.57. The van der Waals surface area contributed by atoms with E-state index in [4.69, 9.17) is 4.98 Å². The number of aliphatic hydroxyl groups excluding tert-OH is 1. The van der Waals surface area contributed by atoms with Crippen LogP contribution in [0, 0.1) is 54.8 Å². The molecule has 210 valence electrons. The number of aliphatic hydroxyl groups is 1. The zero-order valence-electron chi connectivity index (χ0n) is 24.6. The van der Waals surface area contributed by atoms with Crippen LogP contribution in [0.1, 0.15) is 103 Å². The van der Waals surface area contributed by atoms with Gasteiger partial charge in [0, 0.05) is 18.8 Å². The zero-order chi connectivity index (χ0) is 26.9. The largest absolute Gasteiger partial charge is 0.396 e. The number of fused-ring (bicyclic) bond motifs is 3. The molecule has 2 aromatic heterocycles. The third-order valence-corrected chi connectivity index (χ3v) is 11.2. The van der Waals surface area contributed by atoms with Crippen molar-refractivity contribution in [2.24, 2.45) is 40.9 Å². The summed E-state index contributed by atoms with van der Waals surface area (Å²) in [6.07, 6.45) is 16.7. The monoisotopic (exact) mass is 520 g/mol. The van der Waals surface area contributed by atoms with Crippen LogP contribution >= 0.6 is 0 Å². The summed E-state index contributed by atoms with van der Waals surface area (Å²) in [5.41, 5.74) is 3.64. The molecule has 0 aliphatic heterocycles. The number of hydrogen-bond acceptors (Lipinski definition) is 4. The van der Waals surface area contributed by atoms with Crippen LogP contribution in [0.15, 0.2) is 24.4 Å². The maximum atomic E-state index is 9.64. The molecule has 5 rings (SSSR count). The predicted octanol–water partition coefficient (Wildman–Crippen LogP) is 7.73. The molecule has 0 aromatic carbocycles. The molecule has 2 heterocycles. The van der Waals surface area contributed by atoms with Gasteiger partial charge in [0.1, 0.15) is 0 Å². The van der Waals surface area contributed by atoms with Crippen molar-refractivity contribution in [2.45, 2.75) is 111 Å². The SMILES string of the molecule is CCCC[C@H]1CC[C@@H]2[C@H](CC[C@]3(C)[C@@H]([C@@H](C)Nc4ccc(-n5ccc(C)n5)nc4C)CC[C@@H]23)[C@H]1CCCO. The molecule has 5 heteroatoms. The second kappa shape index (κ2) is 11.7. The van der Waals surface area contributed by atoms with E-state index in [0.717, 1.165) is 58.9 Å². The molecule has 0 bridgehead atoms. The first-order valence-corrected chi connectivity index (χ1v) is 15.7. The third-order valence-electron chi connectivity index (χ3n) is 11.2. The molecular formula is C33H52N4O. The summed E-state index contributed by atoms with van der Waals surface area (Å²) < 4.78 is 1.86. The van der Waals surface area contributed by atoms with Gasteiger partial charge in [0.15, 0.2) is 5.82 Å². The van der Waals surface area contributed by atoms with E-state index < -0.39 is 0 Å². The first-order valence-electron chi connectivity index (χ1n) is 15.7. The number of unbranched alkanes of at least 4 members (excludes halogenated alkanes) is 1. The highest BCUT2D eigenvalue weighted by atomic mass is 16.2. The van der Waals surface area contributed by atoms with Gasteiger partial charge in [0.05, 0.1) is 17.1 Å². The number of pyridine rings is 1. The molecule has 0 amide bonds. The molecule has 3 saturated carbocycles. The Labute approximate surface area is 231 Å². The van der Waals surface area contributed by atoms with Crippen molar-refractivity contribution in [2.75, 3.05) is 11.9 Å². The van der Waals surface area contributed by atoms with Gasteiger partial charge in [-0.25, -0.2) is 9.67 Å². The Balaban J connectivity index is 1.28. The van der Waals surface area contributed by atoms with E-state index in [1.165, 1.54) is 64.2 Å². The van der Waals surface area contributed by atoms with Crippen LogP contribution in [-0.2, 0) is 0 Å². The van der Waals surface area contributed by atoms with Crippen molar-refractivity contribution < 1.29 is 5.11 Å². The Morgan fingerprint density at radius 3 is 2.61 bits per heavy atom. The second-order valence-electron chi connectivity index (χ2n) is 13.3. The van der Waals surface area contributed by atoms with Crippen LogP contribution in [0.25, 0.3) is 5.82 Å². The van der Waals surface area contributed by atoms with Gasteiger partial charge in [-0.2, -0.15) is 5.10 Å². The van der Waals surface area contributed by atoms with Crippen LogP contribution in [0.2, 0.25) is 0 Å². The van der Waals surface area contributed by atoms with Crippen LogP contribution in [0.3, 0.4) is 0 Å². The molecule has 0 unspecified atom stereocenters. The Bertz CT molecular complexity index is 1070. The van der Waals surface area contributed by atoms with E-state index in [1.54, 1.807) is 0 Å². The van der Waals surface area contributed by atoms with Crippen LogP contribution in [-0.4, -0.2) is 32.5 Å². The topological polar surface area (TPSA) is 63.0 Å². The van der Waals surface area contributed by atoms with Crippen molar-refractivity contribution in [3.63, 3.8) is 0 Å². The number of nitrogens with one attached hydrogen (secondary N) is 1. The van der Waals surface area contributed by atoms with Gasteiger partial charge in [-0.15, -0.1) is 0 Å². The first-order chi connectivity index (χ1) is 18.4. The lowest BCUT2D eigenvalue weighted by atomic mass is 9.50. The van der Waals surface area contributed by atoms with Gasteiger partial charge in [-0.05, 0) is 131 Å². The van der Waals surface area contributed by atoms with Gasteiger partial charge < -0.3 is 10.4 Å². The Hall–Kier alpha value is -1.88. The summed E-state index contributed by atoms with van der Waals surface area (Å²) in [4.78, 5) is 4.87. The van der Waals surface area contributed by atoms with E-state index in [9.17, 15) is 5.11 Å². The minimum Gasteiger partial charge on any atom is -0.396 e. The van der Waals surface area contributed by atoms with Crippen LogP contribution in [0.4, 0.5) is 5.69 Å². The summed E-state index contributed by atoms with van der Waals surface area (Å²) >= 11 is 0. The first kappa shape index (κ1) is 27.7. The summed E-state index contributed by atoms with van der Waals surface area (Å²) in [6, 6.07) is 6.73. The minimum absolute atomic E-state index is 0.359. The Kier molecular flexibility index (Phi) is 8.52. The van der Waals surface area contributed by atoms with Gasteiger partial charge in [-0.3, -0.25) is 0 Å². The fourth-order valence-corrected chi connectivity index (χ4v) is 9.41. The van der Waals surface area contributed by atoms with Gasteiger partial charge in [0.25, 0.3) is 0 Å². The molecule has 2 aromatic rings. The van der Waals surface area contributed by atoms with E-state index in [0.29, 0.717) is 24.0 Å². The number of aromatic nitrogens is 3. The number of hydrogen-bond donors (Lipinski definition) is 2. The summed E-state index contributed by atoms with van der Waals surface area (Å²) in [5, 5.41) is 18.1. The quantitative estimate of drug-likeness (QED) is 0.336. The van der Waals surface area contributed by atoms with Crippen molar-refractivity contribution in [3.8, 4) is 5.82 Å². The van der Waals surface area contributed by atoms with Crippen molar-refractivity contribution in [1.82, 2.24) is 14.8 Å². The summed E-state index contributed by atoms with van der Waals surface area (Å²) in [5.74, 6) is 5.98. The van der Waals surface area contributed by atoms with E-state index in [2.05, 4.69) is 50.2 Å². The Morgan fingerprint density at radius 2 is 1.89 bits per heavy atom. The van der Waals surface area contributed by atoms with E-state index >= 15 is 0 Å². The lowest BCUT2D eigenvalue weighted by molar-refractivity contribution is -0.0581. The van der Waals surface area contributed by atoms with Crippen LogP contribution in [0.5, 0.6) is 0 Å². The lowest BCUT2D eigenvalue weighted by Gasteiger charge is -2.55. The molecule has 38 heavy (non-hydrogen) atoms. The lowest BCUT2D eigenvalue weighted by Crippen LogP contribution is -2.49. The molecule has 0 saturated heterocycles. The fraction of sp³-hybridized carbons (Fsp3) is 0.758. The molecule has 8 atom stereocenters. The number of rotatable bonds is 10. The van der Waals surface area contributed by atoms with Gasteiger partial charge in [0.2, 0.25) is 0 Å². The summed E-state index contributed by atoms with van der Waals surface area (Å²) in [6.45, 7) is 11.9. The third kappa shape index (κ3) is 5.29. The standard InChI is InChI=1S/C33H52N4O/c1-6-7-9-25-11-12-28-27(26(25)10-8-21-38)17-19-33(5)29(13-14-30(28)33)23(3)34-31-15-16-32(35-24(31)4)37-20-18-22(2)36-37/h15-16,18,20,23,25-30,34,38H,6-14,17,19,21H2,1-5H3/t23-,25+,26+,27-,28-,29-,30+,33-/m1/s1. The normalized spacial score (nSPS) is 33.5. The minimum atomic E-state index is 0.359. The van der Waals surface area contributed by atoms with Crippen molar-refractivity contribution in [3.05, 3.63) is 35.8 Å². The molecule has 0 spiro atoms. The molecule has 3 aliphatic rings. The number of nitrogens with zero attached hydrogens (tertiary/aromatic N) is 3. The van der Waals surface area contributed by atoms with E-state index in [-0.39, 0.29) is 0 Å². The molecule has 5 nitrogen and oxygen atoms in total. The highest BCUT2D eigenvalue weighted by molar-refractivity contribution is 5.50. The molecule has 3 aliphatic carbocycles. The van der Waals surface area contributed by atoms with Crippen molar-refractivity contribution >= 4 is 5.69 Å². The smallest absolute Gasteiger partial charge is 0.153 e. The molecule has 2 N–H and O–H groups in total. The second-order valence-corrected chi connectivity index (χ2v) is 13.3. The summed E-state index contributed by atoms with van der Waals surface area (Å²) in [7, 11) is 0. The van der Waals surface area contributed by atoms with Gasteiger partial charge in [-0.1, -0.05) is 33.1 Å². The van der Waals surface area contributed by atoms with Crippen LogP contribution < -0.4 is 5.32 Å².